The number of esters is 1. The number of methoxy groups -OCH3 is 1. The highest BCUT2D eigenvalue weighted by Crippen LogP contribution is 2.44. The number of amides is 2. The number of alkyl carbamates (subject to hydrolysis) is 1. The molecule has 0 fully saturated rings. The lowest BCUT2D eigenvalue weighted by molar-refractivity contribution is -0.148. The summed E-state index contributed by atoms with van der Waals surface area (Å²) in [4.78, 5) is 55.3. The number of ketones is 1. The first-order valence-corrected chi connectivity index (χ1v) is 14.2. The molecule has 1 atom stereocenters. The number of nitrogens with zero attached hydrogens (tertiary/aromatic N) is 1. The summed E-state index contributed by atoms with van der Waals surface area (Å²) in [6, 6.07) is 17.9. The van der Waals surface area contributed by atoms with Gasteiger partial charge in [0.15, 0.2) is 11.8 Å². The second kappa shape index (κ2) is 13.3. The molecule has 1 aliphatic rings. The van der Waals surface area contributed by atoms with Gasteiger partial charge in [-0.2, -0.15) is 13.2 Å². The van der Waals surface area contributed by atoms with Crippen molar-refractivity contribution in [3.63, 3.8) is 0 Å². The molecule has 0 saturated heterocycles. The highest BCUT2D eigenvalue weighted by molar-refractivity contribution is 6.13. The molecule has 0 spiro atoms. The first kappa shape index (κ1) is 31.9. The lowest BCUT2D eigenvalue weighted by Crippen LogP contribution is -2.50. The summed E-state index contributed by atoms with van der Waals surface area (Å²) in [5.74, 6) is -3.23. The van der Waals surface area contributed by atoms with E-state index in [-0.39, 0.29) is 41.3 Å². The second-order valence-electron chi connectivity index (χ2n) is 10.2. The summed E-state index contributed by atoms with van der Waals surface area (Å²) in [6.07, 6.45) is -5.67. The number of benzene rings is 3. The van der Waals surface area contributed by atoms with Gasteiger partial charge in [0, 0.05) is 16.9 Å². The van der Waals surface area contributed by atoms with Crippen LogP contribution in [0.3, 0.4) is 0 Å². The lowest BCUT2D eigenvalue weighted by Gasteiger charge is -2.18. The van der Waals surface area contributed by atoms with Crippen molar-refractivity contribution in [1.29, 1.82) is 0 Å². The predicted molar refractivity (Wildman–Crippen MR) is 159 cm³/mol. The van der Waals surface area contributed by atoms with E-state index in [0.29, 0.717) is 6.07 Å². The van der Waals surface area contributed by atoms with Crippen LogP contribution in [-0.2, 0) is 25.2 Å². The van der Waals surface area contributed by atoms with Crippen LogP contribution in [0.15, 0.2) is 72.8 Å². The third-order valence-corrected chi connectivity index (χ3v) is 7.45. The van der Waals surface area contributed by atoms with E-state index in [4.69, 9.17) is 14.2 Å². The molecule has 1 unspecified atom stereocenters. The Morgan fingerprint density at radius 2 is 1.54 bits per heavy atom. The van der Waals surface area contributed by atoms with Crippen molar-refractivity contribution in [1.82, 2.24) is 15.6 Å². The SMILES string of the molecule is CCOC(=O)C(NC(=O)c1ccc(OC)c2nc(C(F)(F)F)ccc12)C(=O)CNC(=O)OCC1c2ccccc2-c2ccccc21. The van der Waals surface area contributed by atoms with Crippen molar-refractivity contribution >= 4 is 34.7 Å². The second-order valence-corrected chi connectivity index (χ2v) is 10.2. The summed E-state index contributed by atoms with van der Waals surface area (Å²) >= 11 is 0. The maximum Gasteiger partial charge on any atom is 0.433 e. The number of hydrogen-bond donors (Lipinski definition) is 2. The predicted octanol–water partition coefficient (Wildman–Crippen LogP) is 5.03. The minimum atomic E-state index is -4.75. The highest BCUT2D eigenvalue weighted by Gasteiger charge is 2.35. The molecule has 238 valence electrons. The maximum atomic E-state index is 13.3. The molecule has 5 rings (SSSR count). The van der Waals surface area contributed by atoms with Gasteiger partial charge < -0.3 is 24.8 Å². The molecule has 1 aliphatic carbocycles. The Morgan fingerprint density at radius 3 is 2.15 bits per heavy atom. The summed E-state index contributed by atoms with van der Waals surface area (Å²) in [5.41, 5.74) is 2.44. The number of alkyl halides is 3. The zero-order chi connectivity index (χ0) is 33.0. The van der Waals surface area contributed by atoms with Gasteiger partial charge in [-0.15, -0.1) is 0 Å². The first-order chi connectivity index (χ1) is 22.0. The van der Waals surface area contributed by atoms with Gasteiger partial charge in [-0.1, -0.05) is 48.5 Å². The molecule has 2 N–H and O–H groups in total. The minimum absolute atomic E-state index is 0.0132. The van der Waals surface area contributed by atoms with Crippen LogP contribution in [-0.4, -0.2) is 61.6 Å². The number of aromatic nitrogens is 1. The van der Waals surface area contributed by atoms with Crippen LogP contribution < -0.4 is 15.4 Å². The monoisotopic (exact) mass is 635 g/mol. The average molecular weight is 636 g/mol. The number of pyridine rings is 1. The van der Waals surface area contributed by atoms with Crippen molar-refractivity contribution in [3.8, 4) is 16.9 Å². The zero-order valence-electron chi connectivity index (χ0n) is 24.6. The third kappa shape index (κ3) is 6.48. The Labute approximate surface area is 260 Å². The molecule has 10 nitrogen and oxygen atoms in total. The summed E-state index contributed by atoms with van der Waals surface area (Å²) in [6.45, 7) is 0.673. The zero-order valence-corrected chi connectivity index (χ0v) is 24.6. The maximum absolute atomic E-state index is 13.3. The van der Waals surface area contributed by atoms with Gasteiger partial charge in [0.2, 0.25) is 0 Å². The molecule has 46 heavy (non-hydrogen) atoms. The molecule has 1 aromatic heterocycles. The van der Waals surface area contributed by atoms with Crippen LogP contribution in [0.5, 0.6) is 5.75 Å². The summed E-state index contributed by atoms with van der Waals surface area (Å²) in [5, 5.41) is 4.56. The molecular formula is C33H28F3N3O7. The average Bonchev–Trinajstić information content (AvgIpc) is 3.37. The Balaban J connectivity index is 1.27. The van der Waals surface area contributed by atoms with Crippen LogP contribution in [0.4, 0.5) is 18.0 Å². The van der Waals surface area contributed by atoms with Crippen LogP contribution in [0.1, 0.15) is 40.0 Å². The minimum Gasteiger partial charge on any atom is -0.494 e. The highest BCUT2D eigenvalue weighted by atomic mass is 19.4. The fourth-order valence-electron chi connectivity index (χ4n) is 5.33. The van der Waals surface area contributed by atoms with E-state index in [1.165, 1.54) is 26.2 Å². The molecular weight excluding hydrogens is 607 g/mol. The fraction of sp³-hybridized carbons (Fsp3) is 0.242. The number of carbonyl (C=O) groups is 4. The summed E-state index contributed by atoms with van der Waals surface area (Å²) in [7, 11) is 1.23. The lowest BCUT2D eigenvalue weighted by atomic mass is 9.98. The number of nitrogens with one attached hydrogen (secondary N) is 2. The van der Waals surface area contributed by atoms with Crippen LogP contribution >= 0.6 is 0 Å². The molecule has 3 aromatic carbocycles. The molecule has 1 heterocycles. The number of carbonyl (C=O) groups excluding carboxylic acids is 4. The van der Waals surface area contributed by atoms with E-state index in [2.05, 4.69) is 15.6 Å². The summed E-state index contributed by atoms with van der Waals surface area (Å²) < 4.78 is 55.4. The van der Waals surface area contributed by atoms with E-state index in [9.17, 15) is 32.3 Å². The van der Waals surface area contributed by atoms with Crippen LogP contribution in [0.25, 0.3) is 22.0 Å². The number of halogens is 3. The standard InChI is InChI=1S/C33H28F3N3O7/c1-3-45-31(42)29(39-30(41)23-12-14-26(44-2)28-22(23)13-15-27(38-28)33(34,35)36)25(40)16-37-32(43)46-17-24-20-10-6-4-8-18(20)19-9-5-7-11-21(19)24/h4-15,24,29H,3,16-17H2,1-2H3,(H,37,43)(H,39,41). The topological polar surface area (TPSA) is 133 Å². The molecule has 2 amide bonds. The smallest absolute Gasteiger partial charge is 0.433 e. The van der Waals surface area contributed by atoms with Crippen molar-refractivity contribution in [2.24, 2.45) is 0 Å². The van der Waals surface area contributed by atoms with Gasteiger partial charge in [-0.25, -0.2) is 14.6 Å². The van der Waals surface area contributed by atoms with E-state index in [1.54, 1.807) is 0 Å². The number of ether oxygens (including phenoxy) is 3. The normalized spacial score (nSPS) is 12.9. The van der Waals surface area contributed by atoms with Crippen molar-refractivity contribution in [3.05, 3.63) is 95.2 Å². The molecule has 4 aromatic rings. The molecule has 0 saturated carbocycles. The van der Waals surface area contributed by atoms with E-state index in [0.717, 1.165) is 28.3 Å². The van der Waals surface area contributed by atoms with E-state index >= 15 is 0 Å². The largest absolute Gasteiger partial charge is 0.494 e. The Bertz CT molecular complexity index is 1780. The van der Waals surface area contributed by atoms with Gasteiger partial charge in [0.1, 0.15) is 23.6 Å². The first-order valence-electron chi connectivity index (χ1n) is 14.2. The van der Waals surface area contributed by atoms with Crippen molar-refractivity contribution in [2.75, 3.05) is 26.9 Å². The number of fused-ring (bicyclic) bond motifs is 4. The van der Waals surface area contributed by atoms with E-state index < -0.39 is 48.2 Å². The van der Waals surface area contributed by atoms with Crippen LogP contribution in [0, 0.1) is 0 Å². The van der Waals surface area contributed by atoms with E-state index in [1.807, 2.05) is 48.5 Å². The van der Waals surface area contributed by atoms with Crippen LogP contribution in [0.2, 0.25) is 0 Å². The van der Waals surface area contributed by atoms with Crippen molar-refractivity contribution < 1.29 is 46.6 Å². The number of hydrogen-bond acceptors (Lipinski definition) is 8. The van der Waals surface area contributed by atoms with Gasteiger partial charge in [0.25, 0.3) is 5.91 Å². The Hall–Kier alpha value is -5.46. The van der Waals surface area contributed by atoms with Gasteiger partial charge in [0.05, 0.1) is 20.3 Å². The number of Topliss-reactive ketones (excluding diaryl/α,β-unsaturated/α-hetero) is 1. The fourth-order valence-corrected chi connectivity index (χ4v) is 5.33. The molecule has 0 aliphatic heterocycles. The van der Waals surface area contributed by atoms with Gasteiger partial charge in [-0.3, -0.25) is 9.59 Å². The number of rotatable bonds is 10. The van der Waals surface area contributed by atoms with Gasteiger partial charge in [-0.05, 0) is 53.4 Å². The Morgan fingerprint density at radius 1 is 0.891 bits per heavy atom. The molecule has 13 heteroatoms. The Kier molecular flexibility index (Phi) is 9.21. The van der Waals surface area contributed by atoms with Gasteiger partial charge >= 0.3 is 18.2 Å². The quantitative estimate of drug-likeness (QED) is 0.183. The molecule has 0 bridgehead atoms. The van der Waals surface area contributed by atoms with Crippen molar-refractivity contribution in [2.45, 2.75) is 25.1 Å². The molecule has 0 radical (unpaired) electrons. The third-order valence-electron chi connectivity index (χ3n) is 7.45.